The lowest BCUT2D eigenvalue weighted by Crippen LogP contribution is -2.15. The van der Waals surface area contributed by atoms with Crippen LogP contribution in [0.4, 0.5) is 5.69 Å². The fraction of sp³-hybridized carbons (Fsp3) is 0.115. The SMILES string of the molecule is COc1ccc(-c2nn(-c3ccccc3)cc2C(=O)OCC(=O)c2ccc(C)c(N[O-])c2)cc1. The number of carbonyl (C=O) groups is 2. The molecule has 4 rings (SSSR count). The van der Waals surface area contributed by atoms with Crippen LogP contribution in [0.2, 0.25) is 0 Å². The van der Waals surface area contributed by atoms with E-state index >= 15 is 0 Å². The van der Waals surface area contributed by atoms with Gasteiger partial charge >= 0.3 is 5.97 Å². The van der Waals surface area contributed by atoms with E-state index in [0.29, 0.717) is 28.3 Å². The van der Waals surface area contributed by atoms with E-state index in [0.717, 1.165) is 5.69 Å². The Hall–Kier alpha value is -4.43. The van der Waals surface area contributed by atoms with Gasteiger partial charge in [-0.1, -0.05) is 30.3 Å². The molecule has 34 heavy (non-hydrogen) atoms. The third kappa shape index (κ3) is 4.82. The molecule has 0 unspecified atom stereocenters. The largest absolute Gasteiger partial charge is 0.761 e. The van der Waals surface area contributed by atoms with Crippen molar-refractivity contribution >= 4 is 17.4 Å². The van der Waals surface area contributed by atoms with Crippen LogP contribution in [0.15, 0.2) is 79.0 Å². The highest BCUT2D eigenvalue weighted by atomic mass is 16.5. The van der Waals surface area contributed by atoms with Gasteiger partial charge in [-0.2, -0.15) is 5.10 Å². The number of methoxy groups -OCH3 is 1. The number of para-hydroxylation sites is 1. The van der Waals surface area contributed by atoms with Crippen molar-refractivity contribution < 1.29 is 19.1 Å². The van der Waals surface area contributed by atoms with Crippen LogP contribution in [0.3, 0.4) is 0 Å². The van der Waals surface area contributed by atoms with Crippen LogP contribution in [0, 0.1) is 12.1 Å². The molecule has 1 heterocycles. The van der Waals surface area contributed by atoms with Crippen molar-refractivity contribution in [3.05, 3.63) is 101 Å². The molecule has 8 nitrogen and oxygen atoms in total. The molecule has 0 saturated carbocycles. The number of ether oxygens (including phenoxy) is 2. The third-order valence-electron chi connectivity index (χ3n) is 5.32. The number of rotatable bonds is 8. The van der Waals surface area contributed by atoms with Gasteiger partial charge < -0.3 is 20.2 Å². The van der Waals surface area contributed by atoms with Gasteiger partial charge in [0.05, 0.1) is 12.8 Å². The van der Waals surface area contributed by atoms with Gasteiger partial charge in [-0.3, -0.25) is 4.79 Å². The minimum absolute atomic E-state index is 0.215. The Kier molecular flexibility index (Phi) is 6.70. The molecular weight excluding hydrogens is 434 g/mol. The zero-order valence-electron chi connectivity index (χ0n) is 18.6. The first-order valence-electron chi connectivity index (χ1n) is 10.5. The smallest absolute Gasteiger partial charge is 0.342 e. The predicted molar refractivity (Wildman–Crippen MR) is 128 cm³/mol. The minimum Gasteiger partial charge on any atom is -0.761 e. The zero-order valence-corrected chi connectivity index (χ0v) is 18.6. The highest BCUT2D eigenvalue weighted by Gasteiger charge is 2.21. The van der Waals surface area contributed by atoms with Crippen LogP contribution in [-0.2, 0) is 4.74 Å². The maximum absolute atomic E-state index is 13.0. The van der Waals surface area contributed by atoms with Crippen LogP contribution >= 0.6 is 0 Å². The summed E-state index contributed by atoms with van der Waals surface area (Å²) in [5.41, 5.74) is 5.17. The standard InChI is InChI=1S/C26H22N3O5/c1-17-8-9-19(14-23(17)28-32)24(30)16-34-26(31)22-15-29(20-6-4-3-5-7-20)27-25(22)18-10-12-21(33-2)13-11-18/h3-15,28H,16H2,1-2H3/q-1. The first kappa shape index (κ1) is 22.8. The van der Waals surface area contributed by atoms with Gasteiger partial charge in [0, 0.05) is 23.0 Å². The fourth-order valence-electron chi connectivity index (χ4n) is 3.40. The highest BCUT2D eigenvalue weighted by molar-refractivity contribution is 6.01. The molecule has 0 aliphatic heterocycles. The van der Waals surface area contributed by atoms with Gasteiger partial charge in [-0.25, -0.2) is 9.48 Å². The quantitative estimate of drug-likeness (QED) is 0.230. The van der Waals surface area contributed by atoms with Gasteiger partial charge in [0.15, 0.2) is 12.4 Å². The highest BCUT2D eigenvalue weighted by Crippen LogP contribution is 2.26. The second-order valence-corrected chi connectivity index (χ2v) is 7.53. The van der Waals surface area contributed by atoms with Crippen LogP contribution in [0.1, 0.15) is 26.3 Å². The van der Waals surface area contributed by atoms with Crippen molar-refractivity contribution in [2.75, 3.05) is 19.2 Å². The van der Waals surface area contributed by atoms with Crippen molar-refractivity contribution in [2.24, 2.45) is 0 Å². The molecule has 172 valence electrons. The number of hydrogen-bond acceptors (Lipinski definition) is 7. The number of aromatic nitrogens is 2. The average Bonchev–Trinajstić information content (AvgIpc) is 3.33. The zero-order chi connectivity index (χ0) is 24.1. The second kappa shape index (κ2) is 10.0. The van der Waals surface area contributed by atoms with E-state index in [2.05, 4.69) is 5.10 Å². The number of esters is 1. The Balaban J connectivity index is 1.60. The molecule has 1 aromatic heterocycles. The molecular formula is C26H22N3O5-. The first-order chi connectivity index (χ1) is 16.5. The summed E-state index contributed by atoms with van der Waals surface area (Å²) in [4.78, 5) is 25.6. The van der Waals surface area contributed by atoms with E-state index in [1.165, 1.54) is 6.07 Å². The summed E-state index contributed by atoms with van der Waals surface area (Å²) in [5, 5.41) is 15.6. The summed E-state index contributed by atoms with van der Waals surface area (Å²) >= 11 is 0. The maximum Gasteiger partial charge on any atom is 0.342 e. The Morgan fingerprint density at radius 3 is 2.44 bits per heavy atom. The van der Waals surface area contributed by atoms with E-state index in [1.807, 2.05) is 30.3 Å². The Labute approximate surface area is 196 Å². The van der Waals surface area contributed by atoms with Gasteiger partial charge in [-0.05, 0) is 55.0 Å². The van der Waals surface area contributed by atoms with Gasteiger partial charge in [0.2, 0.25) is 0 Å². The van der Waals surface area contributed by atoms with Crippen LogP contribution in [-0.4, -0.2) is 35.2 Å². The van der Waals surface area contributed by atoms with Gasteiger partial charge in [0.25, 0.3) is 0 Å². The number of anilines is 1. The number of benzene rings is 3. The molecule has 8 heteroatoms. The lowest BCUT2D eigenvalue weighted by molar-refractivity contribution is 0.0475. The van der Waals surface area contributed by atoms with Gasteiger partial charge in [0.1, 0.15) is 17.0 Å². The molecule has 0 amide bonds. The summed E-state index contributed by atoms with van der Waals surface area (Å²) < 4.78 is 12.1. The van der Waals surface area contributed by atoms with Crippen LogP contribution in [0.25, 0.3) is 16.9 Å². The van der Waals surface area contributed by atoms with E-state index in [-0.39, 0.29) is 11.1 Å². The number of aryl methyl sites for hydroxylation is 1. The number of carbonyl (C=O) groups excluding carboxylic acids is 2. The fourth-order valence-corrected chi connectivity index (χ4v) is 3.40. The molecule has 3 aromatic carbocycles. The second-order valence-electron chi connectivity index (χ2n) is 7.53. The van der Waals surface area contributed by atoms with E-state index < -0.39 is 18.4 Å². The van der Waals surface area contributed by atoms with E-state index in [9.17, 15) is 14.8 Å². The maximum atomic E-state index is 13.0. The molecule has 1 N–H and O–H groups in total. The van der Waals surface area contributed by atoms with Crippen molar-refractivity contribution in [1.82, 2.24) is 9.78 Å². The van der Waals surface area contributed by atoms with Crippen LogP contribution in [0.5, 0.6) is 5.75 Å². The van der Waals surface area contributed by atoms with Crippen LogP contribution < -0.4 is 10.2 Å². The monoisotopic (exact) mass is 456 g/mol. The molecule has 0 spiro atoms. The topological polar surface area (TPSA) is 106 Å². The van der Waals surface area contributed by atoms with Crippen molar-refractivity contribution in [2.45, 2.75) is 6.92 Å². The number of hydrogen-bond donors (Lipinski definition) is 1. The molecule has 0 atom stereocenters. The van der Waals surface area contributed by atoms with Crippen molar-refractivity contribution in [3.63, 3.8) is 0 Å². The number of Topliss-reactive ketones (excluding diaryl/α,β-unsaturated/α-hetero) is 1. The summed E-state index contributed by atoms with van der Waals surface area (Å²) in [6.07, 6.45) is 1.58. The number of ketones is 1. The Bertz CT molecular complexity index is 1310. The van der Waals surface area contributed by atoms with Crippen molar-refractivity contribution in [1.29, 1.82) is 0 Å². The summed E-state index contributed by atoms with van der Waals surface area (Å²) in [6.45, 7) is 1.28. The number of nitrogens with one attached hydrogen (secondary N) is 1. The lowest BCUT2D eigenvalue weighted by atomic mass is 10.1. The normalized spacial score (nSPS) is 10.6. The Morgan fingerprint density at radius 1 is 1.03 bits per heavy atom. The third-order valence-corrected chi connectivity index (χ3v) is 5.32. The van der Waals surface area contributed by atoms with Crippen molar-refractivity contribution in [3.8, 4) is 22.7 Å². The first-order valence-corrected chi connectivity index (χ1v) is 10.5. The predicted octanol–water partition coefficient (Wildman–Crippen LogP) is 4.81. The van der Waals surface area contributed by atoms with E-state index in [1.54, 1.807) is 66.8 Å². The molecule has 0 fully saturated rings. The summed E-state index contributed by atoms with van der Waals surface area (Å²) in [7, 11) is 1.57. The average molecular weight is 456 g/mol. The Morgan fingerprint density at radius 2 is 1.76 bits per heavy atom. The molecule has 0 bridgehead atoms. The van der Waals surface area contributed by atoms with Gasteiger partial charge in [-0.15, -0.1) is 0 Å². The molecule has 0 radical (unpaired) electrons. The summed E-state index contributed by atoms with van der Waals surface area (Å²) in [5.74, 6) is -0.437. The molecule has 0 saturated heterocycles. The number of nitrogens with zero attached hydrogens (tertiary/aromatic N) is 2. The molecule has 4 aromatic rings. The molecule has 0 aliphatic rings. The van der Waals surface area contributed by atoms with E-state index in [4.69, 9.17) is 9.47 Å². The molecule has 0 aliphatic carbocycles. The lowest BCUT2D eigenvalue weighted by Gasteiger charge is -2.13. The summed E-state index contributed by atoms with van der Waals surface area (Å²) in [6, 6.07) is 21.2. The minimum atomic E-state index is -0.685.